The second-order valence-electron chi connectivity index (χ2n) is 4.86. The molecule has 0 N–H and O–H groups in total. The fourth-order valence-corrected chi connectivity index (χ4v) is 3.29. The average molecular weight is 214 g/mol. The lowest BCUT2D eigenvalue weighted by Gasteiger charge is -2.44. The summed E-state index contributed by atoms with van der Waals surface area (Å²) < 4.78 is 0. The molecule has 0 aliphatic heterocycles. The molecule has 0 aromatic rings. The van der Waals surface area contributed by atoms with Gasteiger partial charge in [0.1, 0.15) is 0 Å². The normalized spacial score (nSPS) is 36.4. The maximum atomic E-state index is 2.41. The van der Waals surface area contributed by atoms with Crippen LogP contribution in [-0.4, -0.2) is 0 Å². The molecule has 0 aromatic heterocycles. The van der Waals surface area contributed by atoms with Gasteiger partial charge in [-0.3, -0.25) is 0 Å². The third-order valence-electron chi connectivity index (χ3n) is 3.51. The smallest absolute Gasteiger partial charge is 0.0290 e. The molecule has 0 bridgehead atoms. The minimum absolute atomic E-state index is 0. The molecule has 1 spiro atoms. The first-order valence-electron chi connectivity index (χ1n) is 6.70. The highest BCUT2D eigenvalue weighted by molar-refractivity contribution is 4.96. The maximum absolute atomic E-state index is 2.41. The zero-order valence-corrected chi connectivity index (χ0v) is 11.2. The zero-order valence-electron chi connectivity index (χ0n) is 11.2. The Morgan fingerprint density at radius 2 is 1.20 bits per heavy atom. The van der Waals surface area contributed by atoms with Crippen LogP contribution in [-0.2, 0) is 0 Å². The van der Waals surface area contributed by atoms with Gasteiger partial charge in [0.2, 0.25) is 0 Å². The molecule has 0 amide bonds. The van der Waals surface area contributed by atoms with E-state index in [2.05, 4.69) is 13.8 Å². The molecule has 0 heterocycles. The Bertz CT molecular complexity index is 125. The summed E-state index contributed by atoms with van der Waals surface area (Å²) in [5, 5.41) is 0. The highest BCUT2D eigenvalue weighted by atomic mass is 14.5. The Kier molecular flexibility index (Phi) is 9.49. The molecule has 0 saturated heterocycles. The largest absolute Gasteiger partial charge is 0.0776 e. The molecule has 2 saturated carbocycles. The fourth-order valence-electron chi connectivity index (χ4n) is 3.29. The highest BCUT2D eigenvalue weighted by Crippen LogP contribution is 2.57. The zero-order chi connectivity index (χ0) is 11.2. The van der Waals surface area contributed by atoms with E-state index in [0.29, 0.717) is 0 Å². The van der Waals surface area contributed by atoms with E-state index in [9.17, 15) is 0 Å². The Labute approximate surface area is 98.9 Å². The van der Waals surface area contributed by atoms with Gasteiger partial charge in [-0.05, 0) is 42.9 Å². The average Bonchev–Trinajstić information content (AvgIpc) is 2.54. The summed E-state index contributed by atoms with van der Waals surface area (Å²) in [7, 11) is 0. The summed E-state index contributed by atoms with van der Waals surface area (Å²) in [6, 6.07) is 0. The number of hydrogen-bond acceptors (Lipinski definition) is 0. The van der Waals surface area contributed by atoms with E-state index in [1.165, 1.54) is 25.7 Å². The lowest BCUT2D eigenvalue weighted by Crippen LogP contribution is -2.33. The van der Waals surface area contributed by atoms with Gasteiger partial charge in [-0.1, -0.05) is 55.4 Å². The molecule has 15 heavy (non-hydrogen) atoms. The fraction of sp³-hybridized carbons (Fsp3) is 1.00. The highest BCUT2D eigenvalue weighted by Gasteiger charge is 2.45. The van der Waals surface area contributed by atoms with Gasteiger partial charge < -0.3 is 0 Å². The predicted octanol–water partition coefficient (Wildman–Crippen LogP) is 5.91. The van der Waals surface area contributed by atoms with E-state index in [1.807, 2.05) is 27.7 Å². The van der Waals surface area contributed by atoms with Crippen molar-refractivity contribution in [3.8, 4) is 0 Å². The molecule has 94 valence electrons. The first-order chi connectivity index (χ1) is 6.70. The first kappa shape index (κ1) is 17.4. The van der Waals surface area contributed by atoms with Gasteiger partial charge >= 0.3 is 0 Å². The maximum Gasteiger partial charge on any atom is -0.0290 e. The monoisotopic (exact) mass is 214 g/mol. The number of hydrogen-bond donors (Lipinski definition) is 0. The second-order valence-corrected chi connectivity index (χ2v) is 4.86. The Morgan fingerprint density at radius 3 is 1.47 bits per heavy atom. The first-order valence-corrected chi connectivity index (χ1v) is 6.70. The van der Waals surface area contributed by atoms with Crippen LogP contribution >= 0.6 is 0 Å². The summed E-state index contributed by atoms with van der Waals surface area (Å²) in [6.45, 7) is 12.8. The third-order valence-corrected chi connectivity index (χ3v) is 3.51. The van der Waals surface area contributed by atoms with Gasteiger partial charge in [0.15, 0.2) is 0 Å². The van der Waals surface area contributed by atoms with Crippen molar-refractivity contribution in [1.29, 1.82) is 0 Å². The minimum Gasteiger partial charge on any atom is -0.0776 e. The lowest BCUT2D eigenvalue weighted by atomic mass is 9.61. The topological polar surface area (TPSA) is 0 Å². The van der Waals surface area contributed by atoms with Crippen molar-refractivity contribution in [1.82, 2.24) is 0 Å². The van der Waals surface area contributed by atoms with Crippen molar-refractivity contribution < 1.29 is 0 Å². The van der Waals surface area contributed by atoms with Crippen molar-refractivity contribution in [2.45, 2.75) is 81.1 Å². The quantitative estimate of drug-likeness (QED) is 0.470. The van der Waals surface area contributed by atoms with Crippen molar-refractivity contribution in [2.24, 2.45) is 17.3 Å². The van der Waals surface area contributed by atoms with E-state index >= 15 is 0 Å². The van der Waals surface area contributed by atoms with Crippen LogP contribution in [0.2, 0.25) is 0 Å². The Morgan fingerprint density at radius 1 is 0.800 bits per heavy atom. The van der Waals surface area contributed by atoms with Crippen molar-refractivity contribution in [3.05, 3.63) is 0 Å². The molecule has 2 fully saturated rings. The summed E-state index contributed by atoms with van der Waals surface area (Å²) in [6.07, 6.45) is 7.66. The van der Waals surface area contributed by atoms with Crippen LogP contribution in [0.3, 0.4) is 0 Å². The van der Waals surface area contributed by atoms with Crippen LogP contribution in [0.4, 0.5) is 0 Å². The SMILES string of the molecule is C.CC.CC.CC1CCC2(C1)CC(C)C2. The van der Waals surface area contributed by atoms with E-state index in [4.69, 9.17) is 0 Å². The molecular formula is C15H34. The summed E-state index contributed by atoms with van der Waals surface area (Å²) >= 11 is 0. The van der Waals surface area contributed by atoms with Crippen LogP contribution < -0.4 is 0 Å². The molecule has 0 radical (unpaired) electrons. The molecule has 1 atom stereocenters. The second kappa shape index (κ2) is 8.19. The molecule has 2 aliphatic rings. The van der Waals surface area contributed by atoms with E-state index in [0.717, 1.165) is 17.3 Å². The van der Waals surface area contributed by atoms with Crippen LogP contribution in [0.1, 0.15) is 81.1 Å². The van der Waals surface area contributed by atoms with E-state index < -0.39 is 0 Å². The van der Waals surface area contributed by atoms with Crippen LogP contribution in [0.25, 0.3) is 0 Å². The van der Waals surface area contributed by atoms with Gasteiger partial charge in [0.05, 0.1) is 0 Å². The molecule has 1 unspecified atom stereocenters. The molecule has 0 nitrogen and oxygen atoms in total. The van der Waals surface area contributed by atoms with Gasteiger partial charge in [-0.25, -0.2) is 0 Å². The lowest BCUT2D eigenvalue weighted by molar-refractivity contribution is 0.0703. The van der Waals surface area contributed by atoms with Gasteiger partial charge in [-0.15, -0.1) is 0 Å². The molecule has 0 heteroatoms. The van der Waals surface area contributed by atoms with Gasteiger partial charge in [-0.2, -0.15) is 0 Å². The van der Waals surface area contributed by atoms with Gasteiger partial charge in [0.25, 0.3) is 0 Å². The molecular weight excluding hydrogens is 180 g/mol. The summed E-state index contributed by atoms with van der Waals surface area (Å²) in [5.74, 6) is 2.08. The van der Waals surface area contributed by atoms with Crippen LogP contribution in [0.5, 0.6) is 0 Å². The van der Waals surface area contributed by atoms with Gasteiger partial charge in [0, 0.05) is 0 Å². The standard InChI is InChI=1S/C10H18.2C2H6.CH4/c1-8-3-4-10(5-8)6-9(2)7-10;2*1-2;/h8-9H,3-7H2,1-2H3;2*1-2H3;1H4. The van der Waals surface area contributed by atoms with E-state index in [-0.39, 0.29) is 7.43 Å². The molecule has 0 aromatic carbocycles. The summed E-state index contributed by atoms with van der Waals surface area (Å²) in [4.78, 5) is 0. The number of rotatable bonds is 0. The third kappa shape index (κ3) is 4.57. The Balaban J connectivity index is 0. The minimum atomic E-state index is 0. The summed E-state index contributed by atoms with van der Waals surface area (Å²) in [5.41, 5.74) is 0.860. The predicted molar refractivity (Wildman–Crippen MR) is 73.3 cm³/mol. The Hall–Kier alpha value is 0. The van der Waals surface area contributed by atoms with Crippen LogP contribution in [0.15, 0.2) is 0 Å². The van der Waals surface area contributed by atoms with E-state index in [1.54, 1.807) is 6.42 Å². The van der Waals surface area contributed by atoms with Crippen LogP contribution in [0, 0.1) is 17.3 Å². The van der Waals surface area contributed by atoms with Crippen molar-refractivity contribution in [2.75, 3.05) is 0 Å². The van der Waals surface area contributed by atoms with Crippen molar-refractivity contribution >= 4 is 0 Å². The molecule has 2 rings (SSSR count). The molecule has 2 aliphatic carbocycles. The van der Waals surface area contributed by atoms with Crippen molar-refractivity contribution in [3.63, 3.8) is 0 Å².